The van der Waals surface area contributed by atoms with Gasteiger partial charge in [0, 0.05) is 23.3 Å². The molecule has 1 atom stereocenters. The maximum absolute atomic E-state index is 5.56. The number of nitrogens with zero attached hydrogens (tertiary/aromatic N) is 5. The van der Waals surface area contributed by atoms with Gasteiger partial charge in [0.25, 0.3) is 0 Å². The second-order valence-corrected chi connectivity index (χ2v) is 6.80. The van der Waals surface area contributed by atoms with Crippen LogP contribution in [0.1, 0.15) is 31.3 Å². The van der Waals surface area contributed by atoms with E-state index in [1.54, 1.807) is 18.7 Å². The second kappa shape index (κ2) is 7.11. The molecule has 7 nitrogen and oxygen atoms in total. The molecular formula is C20H20N6O. The lowest BCUT2D eigenvalue weighted by Crippen LogP contribution is -2.18. The van der Waals surface area contributed by atoms with E-state index in [-0.39, 0.29) is 12.0 Å². The summed E-state index contributed by atoms with van der Waals surface area (Å²) in [5.74, 6) is 2.04. The van der Waals surface area contributed by atoms with Crippen LogP contribution >= 0.6 is 0 Å². The Kier molecular flexibility index (Phi) is 4.50. The lowest BCUT2D eigenvalue weighted by molar-refractivity contribution is 0.336. The van der Waals surface area contributed by atoms with Crippen molar-refractivity contribution in [3.8, 4) is 11.4 Å². The predicted octanol–water partition coefficient (Wildman–Crippen LogP) is 4.19. The van der Waals surface area contributed by atoms with Gasteiger partial charge in [-0.05, 0) is 37.1 Å². The summed E-state index contributed by atoms with van der Waals surface area (Å²) >= 11 is 0. The molecule has 0 fully saturated rings. The number of pyridine rings is 1. The Bertz CT molecular complexity index is 1060. The highest BCUT2D eigenvalue weighted by Crippen LogP contribution is 2.29. The first kappa shape index (κ1) is 17.1. The fraction of sp³-hybridized carbons (Fsp3) is 0.250. The average molecular weight is 360 g/mol. The Morgan fingerprint density at radius 3 is 2.63 bits per heavy atom. The van der Waals surface area contributed by atoms with Gasteiger partial charge in [0.05, 0.1) is 5.52 Å². The smallest absolute Gasteiger partial charge is 0.249 e. The average Bonchev–Trinajstić information content (AvgIpc) is 3.16. The third-order valence-corrected chi connectivity index (χ3v) is 4.40. The summed E-state index contributed by atoms with van der Waals surface area (Å²) in [5, 5.41) is 8.56. The molecule has 136 valence electrons. The molecule has 4 aromatic rings. The number of nitrogens with one attached hydrogen (secondary N) is 1. The van der Waals surface area contributed by atoms with Crippen molar-refractivity contribution in [2.45, 2.75) is 26.8 Å². The summed E-state index contributed by atoms with van der Waals surface area (Å²) in [6.07, 6.45) is 4.98. The van der Waals surface area contributed by atoms with Crippen molar-refractivity contribution in [2.24, 2.45) is 5.92 Å². The Labute approximate surface area is 156 Å². The molecule has 0 aliphatic carbocycles. The minimum Gasteiger partial charge on any atom is -0.358 e. The zero-order valence-electron chi connectivity index (χ0n) is 15.4. The monoisotopic (exact) mass is 360 g/mol. The van der Waals surface area contributed by atoms with E-state index in [2.05, 4.69) is 57.2 Å². The molecule has 1 unspecified atom stereocenters. The Hall–Kier alpha value is -3.35. The number of aryl methyl sites for hydroxylation is 1. The normalized spacial score (nSPS) is 12.4. The molecule has 0 aliphatic heterocycles. The third-order valence-electron chi connectivity index (χ3n) is 4.40. The Morgan fingerprint density at radius 2 is 1.85 bits per heavy atom. The zero-order valence-corrected chi connectivity index (χ0v) is 15.4. The van der Waals surface area contributed by atoms with E-state index in [0.717, 1.165) is 27.8 Å². The van der Waals surface area contributed by atoms with E-state index in [4.69, 9.17) is 4.52 Å². The van der Waals surface area contributed by atoms with Crippen LogP contribution in [0.25, 0.3) is 22.3 Å². The summed E-state index contributed by atoms with van der Waals surface area (Å²) < 4.78 is 5.56. The van der Waals surface area contributed by atoms with Crippen LogP contribution < -0.4 is 5.32 Å². The van der Waals surface area contributed by atoms with E-state index in [1.807, 2.05) is 24.3 Å². The standard InChI is InChI=1S/C20H20N6O/c1-12(2)17(20-25-18(26-27-20)14-6-8-21-9-7-14)24-19-15-10-13(3)4-5-16(15)22-11-23-19/h4-12,17H,1-3H3,(H,22,23,24). The highest BCUT2D eigenvalue weighted by atomic mass is 16.5. The van der Waals surface area contributed by atoms with Gasteiger partial charge in [0.15, 0.2) is 0 Å². The zero-order chi connectivity index (χ0) is 18.8. The highest BCUT2D eigenvalue weighted by molar-refractivity contribution is 5.89. The van der Waals surface area contributed by atoms with Crippen LogP contribution in [0.5, 0.6) is 0 Å². The van der Waals surface area contributed by atoms with Gasteiger partial charge in [0.1, 0.15) is 18.2 Å². The van der Waals surface area contributed by atoms with E-state index < -0.39 is 0 Å². The molecule has 0 saturated carbocycles. The molecule has 0 amide bonds. The molecule has 0 spiro atoms. The maximum atomic E-state index is 5.56. The van der Waals surface area contributed by atoms with E-state index >= 15 is 0 Å². The summed E-state index contributed by atoms with van der Waals surface area (Å²) in [6.45, 7) is 6.25. The molecule has 3 heterocycles. The summed E-state index contributed by atoms with van der Waals surface area (Å²) in [6, 6.07) is 9.64. The molecular weight excluding hydrogens is 340 g/mol. The lowest BCUT2D eigenvalue weighted by Gasteiger charge is -2.20. The molecule has 0 radical (unpaired) electrons. The Balaban J connectivity index is 1.69. The predicted molar refractivity (Wildman–Crippen MR) is 103 cm³/mol. The van der Waals surface area contributed by atoms with E-state index in [1.165, 1.54) is 0 Å². The van der Waals surface area contributed by atoms with Gasteiger partial charge in [-0.25, -0.2) is 9.97 Å². The molecule has 0 bridgehead atoms. The molecule has 0 saturated heterocycles. The number of hydrogen-bond donors (Lipinski definition) is 1. The number of fused-ring (bicyclic) bond motifs is 1. The summed E-state index contributed by atoms with van der Waals surface area (Å²) in [5.41, 5.74) is 2.91. The van der Waals surface area contributed by atoms with Crippen molar-refractivity contribution in [2.75, 3.05) is 5.32 Å². The van der Waals surface area contributed by atoms with E-state index in [0.29, 0.717) is 11.7 Å². The number of hydrogen-bond acceptors (Lipinski definition) is 7. The van der Waals surface area contributed by atoms with Gasteiger partial charge in [-0.1, -0.05) is 30.6 Å². The van der Waals surface area contributed by atoms with Crippen molar-refractivity contribution in [3.05, 3.63) is 60.5 Å². The fourth-order valence-corrected chi connectivity index (χ4v) is 2.93. The lowest BCUT2D eigenvalue weighted by atomic mass is 10.0. The minimum absolute atomic E-state index is 0.174. The van der Waals surface area contributed by atoms with Gasteiger partial charge >= 0.3 is 0 Å². The molecule has 4 rings (SSSR count). The van der Waals surface area contributed by atoms with Gasteiger partial charge in [-0.15, -0.1) is 0 Å². The van der Waals surface area contributed by atoms with Crippen LogP contribution in [-0.4, -0.2) is 25.1 Å². The van der Waals surface area contributed by atoms with Crippen LogP contribution in [0.3, 0.4) is 0 Å². The van der Waals surface area contributed by atoms with Crippen LogP contribution in [0.4, 0.5) is 5.82 Å². The van der Waals surface area contributed by atoms with Crippen LogP contribution in [0.15, 0.2) is 53.6 Å². The van der Waals surface area contributed by atoms with Crippen LogP contribution in [-0.2, 0) is 0 Å². The largest absolute Gasteiger partial charge is 0.358 e. The fourth-order valence-electron chi connectivity index (χ4n) is 2.93. The minimum atomic E-state index is -0.174. The number of anilines is 1. The number of benzene rings is 1. The summed E-state index contributed by atoms with van der Waals surface area (Å²) in [7, 11) is 0. The topological polar surface area (TPSA) is 89.6 Å². The summed E-state index contributed by atoms with van der Waals surface area (Å²) in [4.78, 5) is 17.4. The third kappa shape index (κ3) is 3.48. The van der Waals surface area contributed by atoms with Gasteiger partial charge < -0.3 is 9.84 Å². The van der Waals surface area contributed by atoms with Gasteiger partial charge in [-0.2, -0.15) is 4.98 Å². The van der Waals surface area contributed by atoms with Crippen LogP contribution in [0, 0.1) is 12.8 Å². The number of rotatable bonds is 5. The second-order valence-electron chi connectivity index (χ2n) is 6.80. The van der Waals surface area contributed by atoms with E-state index in [9.17, 15) is 0 Å². The molecule has 1 aromatic carbocycles. The first-order chi connectivity index (χ1) is 13.1. The van der Waals surface area contributed by atoms with Crippen molar-refractivity contribution >= 4 is 16.7 Å². The van der Waals surface area contributed by atoms with Crippen LogP contribution in [0.2, 0.25) is 0 Å². The quantitative estimate of drug-likeness (QED) is 0.570. The van der Waals surface area contributed by atoms with Crippen molar-refractivity contribution < 1.29 is 4.52 Å². The Morgan fingerprint density at radius 1 is 1.04 bits per heavy atom. The van der Waals surface area contributed by atoms with Crippen molar-refractivity contribution in [3.63, 3.8) is 0 Å². The molecule has 0 aliphatic rings. The highest BCUT2D eigenvalue weighted by Gasteiger charge is 2.24. The molecule has 3 aromatic heterocycles. The maximum Gasteiger partial charge on any atom is 0.249 e. The van der Waals surface area contributed by atoms with Gasteiger partial charge in [-0.3, -0.25) is 4.98 Å². The SMILES string of the molecule is Cc1ccc2ncnc(NC(c3nc(-c4ccncc4)no3)C(C)C)c2c1. The van der Waals surface area contributed by atoms with Crippen molar-refractivity contribution in [1.29, 1.82) is 0 Å². The van der Waals surface area contributed by atoms with Gasteiger partial charge in [0.2, 0.25) is 11.7 Å². The number of aromatic nitrogens is 5. The first-order valence-electron chi connectivity index (χ1n) is 8.83. The molecule has 27 heavy (non-hydrogen) atoms. The first-order valence-corrected chi connectivity index (χ1v) is 8.83. The molecule has 1 N–H and O–H groups in total. The van der Waals surface area contributed by atoms with Crippen molar-refractivity contribution in [1.82, 2.24) is 25.1 Å². The molecule has 7 heteroatoms.